The number of hydrogen-bond acceptors (Lipinski definition) is 4. The maximum Gasteiger partial charge on any atom is 0.0897 e. The Balaban J connectivity index is 2.08. The first kappa shape index (κ1) is 14.5. The SMILES string of the molecule is Cc1ncc(C(C)NC(CO)c2ccc(Cl)cc2)s1. The summed E-state index contributed by atoms with van der Waals surface area (Å²) in [6.07, 6.45) is 1.88. The average molecular weight is 297 g/mol. The molecule has 0 bridgehead atoms. The Hall–Kier alpha value is -0.940. The number of thiazole rings is 1. The van der Waals surface area contributed by atoms with Crippen molar-refractivity contribution in [2.45, 2.75) is 25.9 Å². The third-order valence-electron chi connectivity index (χ3n) is 2.97. The molecule has 2 rings (SSSR count). The van der Waals surface area contributed by atoms with E-state index in [1.165, 1.54) is 4.88 Å². The van der Waals surface area contributed by atoms with Crippen LogP contribution in [0.4, 0.5) is 0 Å². The van der Waals surface area contributed by atoms with Crippen molar-refractivity contribution in [1.29, 1.82) is 0 Å². The molecule has 102 valence electrons. The van der Waals surface area contributed by atoms with Crippen LogP contribution in [0.1, 0.15) is 34.5 Å². The quantitative estimate of drug-likeness (QED) is 0.888. The topological polar surface area (TPSA) is 45.2 Å². The number of rotatable bonds is 5. The number of aryl methyl sites for hydroxylation is 1. The lowest BCUT2D eigenvalue weighted by Crippen LogP contribution is -2.26. The molecule has 3 nitrogen and oxygen atoms in total. The molecule has 0 amide bonds. The van der Waals surface area contributed by atoms with Crippen LogP contribution in [0.2, 0.25) is 5.02 Å². The minimum Gasteiger partial charge on any atom is -0.394 e. The zero-order valence-electron chi connectivity index (χ0n) is 10.9. The second kappa shape index (κ2) is 6.48. The summed E-state index contributed by atoms with van der Waals surface area (Å²) < 4.78 is 0. The number of hydrogen-bond donors (Lipinski definition) is 2. The van der Waals surface area contributed by atoms with Crippen LogP contribution in [-0.4, -0.2) is 16.7 Å². The van der Waals surface area contributed by atoms with E-state index in [-0.39, 0.29) is 18.7 Å². The summed E-state index contributed by atoms with van der Waals surface area (Å²) in [4.78, 5) is 5.42. The molecule has 1 aromatic carbocycles. The van der Waals surface area contributed by atoms with Gasteiger partial charge in [-0.05, 0) is 31.5 Å². The Bertz CT molecular complexity index is 526. The summed E-state index contributed by atoms with van der Waals surface area (Å²) in [6, 6.07) is 7.58. The fourth-order valence-corrected chi connectivity index (χ4v) is 2.83. The number of nitrogens with zero attached hydrogens (tertiary/aromatic N) is 1. The van der Waals surface area contributed by atoms with Gasteiger partial charge in [0.15, 0.2) is 0 Å². The van der Waals surface area contributed by atoms with Crippen LogP contribution in [-0.2, 0) is 0 Å². The molecule has 19 heavy (non-hydrogen) atoms. The van der Waals surface area contributed by atoms with Crippen LogP contribution in [0, 0.1) is 6.92 Å². The summed E-state index contributed by atoms with van der Waals surface area (Å²) >= 11 is 7.54. The number of aliphatic hydroxyl groups excluding tert-OH is 1. The van der Waals surface area contributed by atoms with Crippen molar-refractivity contribution in [2.24, 2.45) is 0 Å². The maximum atomic E-state index is 9.54. The normalized spacial score (nSPS) is 14.3. The summed E-state index contributed by atoms with van der Waals surface area (Å²) in [5.74, 6) is 0. The van der Waals surface area contributed by atoms with E-state index < -0.39 is 0 Å². The molecule has 2 unspecified atom stereocenters. The predicted molar refractivity (Wildman–Crippen MR) is 79.7 cm³/mol. The van der Waals surface area contributed by atoms with Gasteiger partial charge in [-0.1, -0.05) is 23.7 Å². The van der Waals surface area contributed by atoms with E-state index in [4.69, 9.17) is 11.6 Å². The van der Waals surface area contributed by atoms with Gasteiger partial charge in [0.1, 0.15) is 0 Å². The van der Waals surface area contributed by atoms with Crippen LogP contribution in [0.15, 0.2) is 30.5 Å². The van der Waals surface area contributed by atoms with Crippen LogP contribution < -0.4 is 5.32 Å². The van der Waals surface area contributed by atoms with Gasteiger partial charge in [-0.2, -0.15) is 0 Å². The van der Waals surface area contributed by atoms with Crippen molar-refractivity contribution in [3.05, 3.63) is 50.9 Å². The number of aromatic nitrogens is 1. The summed E-state index contributed by atoms with van der Waals surface area (Å²) in [5.41, 5.74) is 1.03. The van der Waals surface area contributed by atoms with Gasteiger partial charge in [-0.25, -0.2) is 4.98 Å². The van der Waals surface area contributed by atoms with Crippen LogP contribution in [0.3, 0.4) is 0 Å². The molecule has 1 heterocycles. The number of nitrogens with one attached hydrogen (secondary N) is 1. The molecule has 0 saturated carbocycles. The van der Waals surface area contributed by atoms with E-state index >= 15 is 0 Å². The molecule has 1 aromatic heterocycles. The summed E-state index contributed by atoms with van der Waals surface area (Å²) in [5, 5.41) is 14.7. The van der Waals surface area contributed by atoms with Gasteiger partial charge in [0.05, 0.1) is 17.7 Å². The monoisotopic (exact) mass is 296 g/mol. The Morgan fingerprint density at radius 3 is 2.58 bits per heavy atom. The minimum atomic E-state index is -0.102. The molecule has 2 N–H and O–H groups in total. The highest BCUT2D eigenvalue weighted by atomic mass is 35.5. The number of halogens is 1. The molecule has 0 aliphatic rings. The Morgan fingerprint density at radius 2 is 2.05 bits per heavy atom. The van der Waals surface area contributed by atoms with Crippen LogP contribution in [0.25, 0.3) is 0 Å². The van der Waals surface area contributed by atoms with Gasteiger partial charge in [-0.3, -0.25) is 0 Å². The highest BCUT2D eigenvalue weighted by molar-refractivity contribution is 7.11. The third-order valence-corrected chi connectivity index (χ3v) is 4.32. The predicted octanol–water partition coefficient (Wildman–Crippen LogP) is 3.49. The molecule has 0 aliphatic carbocycles. The van der Waals surface area contributed by atoms with Gasteiger partial charge in [-0.15, -0.1) is 11.3 Å². The highest BCUT2D eigenvalue weighted by Gasteiger charge is 2.16. The Morgan fingerprint density at radius 1 is 1.37 bits per heavy atom. The molecular weight excluding hydrogens is 280 g/mol. The fraction of sp³-hybridized carbons (Fsp3) is 0.357. The van der Waals surface area contributed by atoms with Crippen molar-refractivity contribution in [1.82, 2.24) is 10.3 Å². The van der Waals surface area contributed by atoms with Gasteiger partial charge < -0.3 is 10.4 Å². The number of aliphatic hydroxyl groups is 1. The van der Waals surface area contributed by atoms with Crippen LogP contribution >= 0.6 is 22.9 Å². The lowest BCUT2D eigenvalue weighted by Gasteiger charge is -2.21. The first-order valence-electron chi connectivity index (χ1n) is 6.15. The zero-order valence-corrected chi connectivity index (χ0v) is 12.5. The van der Waals surface area contributed by atoms with Crippen molar-refractivity contribution in [2.75, 3.05) is 6.61 Å². The first-order valence-corrected chi connectivity index (χ1v) is 7.34. The van der Waals surface area contributed by atoms with Crippen LogP contribution in [0.5, 0.6) is 0 Å². The van der Waals surface area contributed by atoms with Gasteiger partial charge >= 0.3 is 0 Å². The highest BCUT2D eigenvalue weighted by Crippen LogP contribution is 2.24. The molecule has 0 saturated heterocycles. The van der Waals surface area contributed by atoms with Gasteiger partial charge in [0.2, 0.25) is 0 Å². The van der Waals surface area contributed by atoms with E-state index in [2.05, 4.69) is 17.2 Å². The standard InChI is InChI=1S/C14H17ClN2OS/c1-9(14-7-16-10(2)19-14)17-13(8-18)11-3-5-12(15)6-4-11/h3-7,9,13,17-18H,8H2,1-2H3. The fourth-order valence-electron chi connectivity index (χ4n) is 1.91. The Labute approximate surface area is 122 Å². The maximum absolute atomic E-state index is 9.54. The molecular formula is C14H17ClN2OS. The second-order valence-corrected chi connectivity index (χ2v) is 6.16. The van der Waals surface area contributed by atoms with E-state index in [0.717, 1.165) is 10.6 Å². The van der Waals surface area contributed by atoms with Gasteiger partial charge in [0, 0.05) is 22.1 Å². The molecule has 5 heteroatoms. The molecule has 0 aliphatic heterocycles. The molecule has 0 spiro atoms. The molecule has 2 atom stereocenters. The van der Waals surface area contributed by atoms with E-state index in [1.807, 2.05) is 37.4 Å². The van der Waals surface area contributed by atoms with E-state index in [1.54, 1.807) is 11.3 Å². The van der Waals surface area contributed by atoms with Crippen molar-refractivity contribution >= 4 is 22.9 Å². The lowest BCUT2D eigenvalue weighted by atomic mass is 10.1. The summed E-state index contributed by atoms with van der Waals surface area (Å²) in [7, 11) is 0. The Kier molecular flexibility index (Phi) is 4.93. The average Bonchev–Trinajstić information content (AvgIpc) is 2.84. The smallest absolute Gasteiger partial charge is 0.0897 e. The zero-order chi connectivity index (χ0) is 13.8. The second-order valence-electron chi connectivity index (χ2n) is 4.46. The van der Waals surface area contributed by atoms with Gasteiger partial charge in [0.25, 0.3) is 0 Å². The van der Waals surface area contributed by atoms with Crippen molar-refractivity contribution < 1.29 is 5.11 Å². The third kappa shape index (κ3) is 3.76. The molecule has 0 fully saturated rings. The van der Waals surface area contributed by atoms with E-state index in [9.17, 15) is 5.11 Å². The van der Waals surface area contributed by atoms with Crippen molar-refractivity contribution in [3.63, 3.8) is 0 Å². The number of benzene rings is 1. The van der Waals surface area contributed by atoms with Crippen molar-refractivity contribution in [3.8, 4) is 0 Å². The summed E-state index contributed by atoms with van der Waals surface area (Å²) in [6.45, 7) is 4.11. The largest absolute Gasteiger partial charge is 0.394 e. The molecule has 0 radical (unpaired) electrons. The minimum absolute atomic E-state index is 0.0454. The van der Waals surface area contributed by atoms with E-state index in [0.29, 0.717) is 5.02 Å². The first-order chi connectivity index (χ1) is 9.10. The molecule has 2 aromatic rings. The lowest BCUT2D eigenvalue weighted by molar-refractivity contribution is 0.236.